The number of hydrogen-bond donors (Lipinski definition) is 0. The highest BCUT2D eigenvalue weighted by Crippen LogP contribution is 2.55. The van der Waals surface area contributed by atoms with Crippen molar-refractivity contribution in [3.63, 3.8) is 0 Å². The summed E-state index contributed by atoms with van der Waals surface area (Å²) in [6, 6.07) is 90.4. The molecular weight excluding hydrogens is 835 g/mol. The fraction of sp³-hybridized carbons (Fsp3) is 0.0448. The van der Waals surface area contributed by atoms with Gasteiger partial charge in [0.2, 0.25) is 0 Å². The van der Waals surface area contributed by atoms with E-state index in [2.05, 4.69) is 267 Å². The molecule has 1 aliphatic carbocycles. The van der Waals surface area contributed by atoms with Crippen molar-refractivity contribution in [2.24, 2.45) is 0 Å². The lowest BCUT2D eigenvalue weighted by molar-refractivity contribution is 0.488. The van der Waals surface area contributed by atoms with Crippen molar-refractivity contribution in [1.29, 1.82) is 0 Å². The van der Waals surface area contributed by atoms with Crippen LogP contribution in [-0.4, -0.2) is 0 Å². The van der Waals surface area contributed by atoms with Crippen molar-refractivity contribution >= 4 is 27.8 Å². The Kier molecular flexibility index (Phi) is 9.55. The third-order valence-corrected chi connectivity index (χ3v) is 14.5. The predicted molar refractivity (Wildman–Crippen MR) is 289 cm³/mol. The summed E-state index contributed by atoms with van der Waals surface area (Å²) in [6.07, 6.45) is 0. The van der Waals surface area contributed by atoms with Crippen molar-refractivity contribution in [2.75, 3.05) is 4.90 Å². The third-order valence-electron chi connectivity index (χ3n) is 14.5. The predicted octanol–water partition coefficient (Wildman–Crippen LogP) is 18.7. The largest absolute Gasteiger partial charge is 0.456 e. The van der Waals surface area contributed by atoms with Gasteiger partial charge in [-0.25, -0.2) is 0 Å². The Morgan fingerprint density at radius 1 is 0.290 bits per heavy atom. The molecule has 11 aromatic rings. The van der Waals surface area contributed by atoms with Crippen molar-refractivity contribution in [2.45, 2.75) is 19.3 Å². The summed E-state index contributed by atoms with van der Waals surface area (Å²) in [5.74, 6) is 1.71. The molecule has 2 aliphatic rings. The standard InChI is InChI=1S/C67H47NO/c1-67(2)61-25-12-11-21-57(61)58-40-39-54(43-62(58)67)68(52-35-31-46(32-36-52)44-15-5-3-6-16-44)53-37-33-47(34-38-53)45-27-29-49(30-28-45)56-23-14-26-63-66(56)65-55(48-17-7-4-8-18-48)22-13-24-59(65)60-41-50-19-9-10-20-51(50)42-64(60)69-63/h3-43H,1-2H3. The smallest absolute Gasteiger partial charge is 0.135 e. The van der Waals surface area contributed by atoms with E-state index in [1.165, 1.54) is 55.5 Å². The molecule has 0 unspecified atom stereocenters. The monoisotopic (exact) mass is 881 g/mol. The van der Waals surface area contributed by atoms with E-state index in [4.69, 9.17) is 4.74 Å². The summed E-state index contributed by atoms with van der Waals surface area (Å²) in [4.78, 5) is 2.40. The molecule has 0 atom stereocenters. The van der Waals surface area contributed by atoms with Gasteiger partial charge in [-0.1, -0.05) is 208 Å². The SMILES string of the molecule is CC1(C)c2ccccc2-c2ccc(N(c3ccc(-c4ccccc4)cc3)c3ccc(-c4ccc(-c5cccc6c5-c5c(-c7ccccc7)cccc5-c5cc7ccccc7cc5O6)cc4)cc3)cc21. The highest BCUT2D eigenvalue weighted by molar-refractivity contribution is 6.05. The van der Waals surface area contributed by atoms with Gasteiger partial charge in [-0.05, 0) is 138 Å². The lowest BCUT2D eigenvalue weighted by Gasteiger charge is -2.28. The first-order valence-corrected chi connectivity index (χ1v) is 23.9. The molecule has 0 saturated heterocycles. The highest BCUT2D eigenvalue weighted by atomic mass is 16.5. The molecule has 0 bridgehead atoms. The van der Waals surface area contributed by atoms with Gasteiger partial charge in [0.15, 0.2) is 0 Å². The van der Waals surface area contributed by atoms with Crippen LogP contribution in [0.2, 0.25) is 0 Å². The van der Waals surface area contributed by atoms with Crippen molar-refractivity contribution < 1.29 is 4.74 Å². The topological polar surface area (TPSA) is 12.5 Å². The fourth-order valence-corrected chi connectivity index (χ4v) is 11.0. The van der Waals surface area contributed by atoms with Crippen LogP contribution < -0.4 is 9.64 Å². The van der Waals surface area contributed by atoms with Crippen LogP contribution in [0.3, 0.4) is 0 Å². The Hall–Kier alpha value is -8.72. The normalized spacial score (nSPS) is 12.7. The fourth-order valence-electron chi connectivity index (χ4n) is 11.0. The van der Waals surface area contributed by atoms with Crippen LogP contribution in [0.15, 0.2) is 249 Å². The van der Waals surface area contributed by atoms with Gasteiger partial charge in [-0.2, -0.15) is 0 Å². The second kappa shape index (κ2) is 16.3. The van der Waals surface area contributed by atoms with Gasteiger partial charge in [0, 0.05) is 39.2 Å². The molecule has 0 aromatic heterocycles. The van der Waals surface area contributed by atoms with Crippen LogP contribution in [0.25, 0.3) is 88.7 Å². The van der Waals surface area contributed by atoms with E-state index in [-0.39, 0.29) is 5.41 Å². The van der Waals surface area contributed by atoms with Crippen molar-refractivity contribution in [1.82, 2.24) is 0 Å². The molecule has 2 nitrogen and oxygen atoms in total. The van der Waals surface area contributed by atoms with Gasteiger partial charge < -0.3 is 9.64 Å². The zero-order valence-corrected chi connectivity index (χ0v) is 38.5. The lowest BCUT2D eigenvalue weighted by Crippen LogP contribution is -2.16. The summed E-state index contributed by atoms with van der Waals surface area (Å²) >= 11 is 0. The first-order valence-electron chi connectivity index (χ1n) is 23.9. The van der Waals surface area contributed by atoms with E-state index < -0.39 is 0 Å². The molecular formula is C67H47NO. The Morgan fingerprint density at radius 3 is 1.43 bits per heavy atom. The zero-order valence-electron chi connectivity index (χ0n) is 38.5. The molecule has 0 radical (unpaired) electrons. The molecule has 11 aromatic carbocycles. The summed E-state index contributed by atoms with van der Waals surface area (Å²) in [6.45, 7) is 4.70. The maximum atomic E-state index is 7.00. The maximum absolute atomic E-state index is 7.00. The Morgan fingerprint density at radius 2 is 0.754 bits per heavy atom. The second-order valence-electron chi connectivity index (χ2n) is 18.8. The summed E-state index contributed by atoms with van der Waals surface area (Å²) in [5, 5.41) is 2.35. The van der Waals surface area contributed by atoms with Crippen LogP contribution in [0.4, 0.5) is 17.1 Å². The average molecular weight is 882 g/mol. The molecule has 0 amide bonds. The maximum Gasteiger partial charge on any atom is 0.135 e. The molecule has 0 spiro atoms. The molecule has 13 rings (SSSR count). The van der Waals surface area contributed by atoms with E-state index in [9.17, 15) is 0 Å². The molecule has 326 valence electrons. The first kappa shape index (κ1) is 40.5. The van der Waals surface area contributed by atoms with Crippen LogP contribution in [0.5, 0.6) is 11.5 Å². The quantitative estimate of drug-likeness (QED) is 0.158. The van der Waals surface area contributed by atoms with Gasteiger partial charge in [0.05, 0.1) is 0 Å². The number of hydrogen-bond acceptors (Lipinski definition) is 2. The van der Waals surface area contributed by atoms with Crippen molar-refractivity contribution in [3.8, 4) is 89.4 Å². The Bertz CT molecular complexity index is 3740. The minimum absolute atomic E-state index is 0.111. The molecule has 0 N–H and O–H groups in total. The number of rotatable bonds is 7. The molecule has 1 heterocycles. The minimum Gasteiger partial charge on any atom is -0.456 e. The van der Waals surface area contributed by atoms with Gasteiger partial charge in [0.1, 0.15) is 11.5 Å². The van der Waals surface area contributed by atoms with Crippen LogP contribution >= 0.6 is 0 Å². The third kappa shape index (κ3) is 6.87. The second-order valence-corrected chi connectivity index (χ2v) is 18.8. The van der Waals surface area contributed by atoms with Crippen molar-refractivity contribution in [3.05, 3.63) is 260 Å². The summed E-state index contributed by atoms with van der Waals surface area (Å²) in [5.41, 5.74) is 22.5. The molecule has 2 heteroatoms. The molecule has 1 aliphatic heterocycles. The van der Waals surface area contributed by atoms with Gasteiger partial charge in [-0.15, -0.1) is 0 Å². The van der Waals surface area contributed by atoms with Gasteiger partial charge >= 0.3 is 0 Å². The van der Waals surface area contributed by atoms with E-state index in [1.807, 2.05) is 0 Å². The number of ether oxygens (including phenoxy) is 1. The highest BCUT2D eigenvalue weighted by Gasteiger charge is 2.36. The number of benzene rings is 11. The van der Waals surface area contributed by atoms with E-state index in [0.717, 1.165) is 72.9 Å². The zero-order chi connectivity index (χ0) is 46.1. The van der Waals surface area contributed by atoms with E-state index in [0.29, 0.717) is 0 Å². The van der Waals surface area contributed by atoms with E-state index in [1.54, 1.807) is 0 Å². The first-order chi connectivity index (χ1) is 34.0. The molecule has 69 heavy (non-hydrogen) atoms. The van der Waals surface area contributed by atoms with Gasteiger partial charge in [0.25, 0.3) is 0 Å². The minimum atomic E-state index is -0.111. The van der Waals surface area contributed by atoms with Gasteiger partial charge in [-0.3, -0.25) is 0 Å². The number of nitrogens with zero attached hydrogens (tertiary/aromatic N) is 1. The summed E-state index contributed by atoms with van der Waals surface area (Å²) in [7, 11) is 0. The van der Waals surface area contributed by atoms with Crippen LogP contribution in [-0.2, 0) is 5.41 Å². The Labute approximate surface area is 404 Å². The number of anilines is 3. The van der Waals surface area contributed by atoms with Crippen LogP contribution in [0, 0.1) is 0 Å². The number of fused-ring (bicyclic) bond motifs is 9. The van der Waals surface area contributed by atoms with E-state index >= 15 is 0 Å². The Balaban J connectivity index is 0.881. The molecule has 0 fully saturated rings. The summed E-state index contributed by atoms with van der Waals surface area (Å²) < 4.78 is 7.00. The van der Waals surface area contributed by atoms with Crippen LogP contribution in [0.1, 0.15) is 25.0 Å². The average Bonchev–Trinajstić information content (AvgIpc) is 3.54. The lowest BCUT2D eigenvalue weighted by atomic mass is 9.82. The molecule has 0 saturated carbocycles.